The van der Waals surface area contributed by atoms with Gasteiger partial charge in [0.2, 0.25) is 11.8 Å². The van der Waals surface area contributed by atoms with Gasteiger partial charge >= 0.3 is 0 Å². The van der Waals surface area contributed by atoms with E-state index in [1.54, 1.807) is 12.0 Å². The number of furan rings is 1. The number of rotatable bonds is 5. The molecule has 8 nitrogen and oxygen atoms in total. The molecule has 2 aliphatic rings. The zero-order chi connectivity index (χ0) is 16.9. The molecule has 8 heteroatoms. The predicted molar refractivity (Wildman–Crippen MR) is 84.1 cm³/mol. The molecule has 0 spiro atoms. The van der Waals surface area contributed by atoms with Gasteiger partial charge in [0, 0.05) is 26.7 Å². The quantitative estimate of drug-likeness (QED) is 0.798. The van der Waals surface area contributed by atoms with Crippen molar-refractivity contribution in [2.24, 2.45) is 0 Å². The van der Waals surface area contributed by atoms with Gasteiger partial charge < -0.3 is 24.1 Å². The summed E-state index contributed by atoms with van der Waals surface area (Å²) in [5.74, 6) is 1.37. The van der Waals surface area contributed by atoms with Gasteiger partial charge in [-0.05, 0) is 12.1 Å². The van der Waals surface area contributed by atoms with Crippen LogP contribution in [0, 0.1) is 0 Å². The van der Waals surface area contributed by atoms with Crippen LogP contribution in [-0.2, 0) is 25.7 Å². The fourth-order valence-corrected chi connectivity index (χ4v) is 3.01. The van der Waals surface area contributed by atoms with E-state index in [2.05, 4.69) is 5.32 Å². The van der Waals surface area contributed by atoms with E-state index in [-0.39, 0.29) is 30.9 Å². The van der Waals surface area contributed by atoms with E-state index in [1.807, 2.05) is 17.0 Å². The molecule has 0 bridgehead atoms. The number of ether oxygens (including phenoxy) is 2. The Morgan fingerprint density at radius 1 is 1.42 bits per heavy atom. The van der Waals surface area contributed by atoms with E-state index >= 15 is 0 Å². The number of carbonyl (C=O) groups is 2. The van der Waals surface area contributed by atoms with Crippen molar-refractivity contribution in [1.82, 2.24) is 15.1 Å². The molecule has 1 atom stereocenters. The summed E-state index contributed by atoms with van der Waals surface area (Å²) in [4.78, 5) is 27.6. The highest BCUT2D eigenvalue weighted by molar-refractivity contribution is 5.86. The van der Waals surface area contributed by atoms with Crippen molar-refractivity contribution in [2.75, 3.05) is 53.0 Å². The molecule has 1 aromatic heterocycles. The van der Waals surface area contributed by atoms with Crippen molar-refractivity contribution in [3.05, 3.63) is 23.7 Å². The minimum atomic E-state index is -0.108. The first kappa shape index (κ1) is 16.9. The third-order valence-corrected chi connectivity index (χ3v) is 4.27. The lowest BCUT2D eigenvalue weighted by molar-refractivity contribution is -0.141. The monoisotopic (exact) mass is 337 g/mol. The summed E-state index contributed by atoms with van der Waals surface area (Å²) in [5, 5.41) is 2.73. The minimum absolute atomic E-state index is 0.0413. The molecule has 1 aromatic rings. The molecule has 0 radical (unpaired) electrons. The molecule has 3 heterocycles. The molecule has 2 fully saturated rings. The fraction of sp³-hybridized carbons (Fsp3) is 0.625. The Morgan fingerprint density at radius 3 is 3.08 bits per heavy atom. The van der Waals surface area contributed by atoms with Crippen molar-refractivity contribution in [3.8, 4) is 0 Å². The van der Waals surface area contributed by atoms with Gasteiger partial charge in [-0.3, -0.25) is 14.5 Å². The second-order valence-electron chi connectivity index (χ2n) is 5.96. The summed E-state index contributed by atoms with van der Waals surface area (Å²) in [6.45, 7) is 3.57. The van der Waals surface area contributed by atoms with Crippen molar-refractivity contribution >= 4 is 11.8 Å². The van der Waals surface area contributed by atoms with Crippen molar-refractivity contribution < 1.29 is 23.5 Å². The Morgan fingerprint density at radius 2 is 2.29 bits per heavy atom. The number of methoxy groups -OCH3 is 1. The standard InChI is InChI=1S/C16H23N3O5/c1-22-10-12-2-3-14(24-12)13-11-23-7-6-18(13)9-16(21)19-5-4-17-15(20)8-19/h2-3,13H,4-11H2,1H3,(H,17,20). The maximum absolute atomic E-state index is 12.5. The maximum atomic E-state index is 12.5. The molecule has 24 heavy (non-hydrogen) atoms. The van der Waals surface area contributed by atoms with Gasteiger partial charge in [0.25, 0.3) is 0 Å². The Bertz CT molecular complexity index is 588. The van der Waals surface area contributed by atoms with E-state index in [0.717, 1.165) is 11.5 Å². The zero-order valence-corrected chi connectivity index (χ0v) is 13.8. The third kappa shape index (κ3) is 3.95. The van der Waals surface area contributed by atoms with Gasteiger partial charge in [-0.25, -0.2) is 0 Å². The largest absolute Gasteiger partial charge is 0.462 e. The molecule has 1 N–H and O–H groups in total. The summed E-state index contributed by atoms with van der Waals surface area (Å²) in [6, 6.07) is 3.67. The first-order chi connectivity index (χ1) is 11.7. The highest BCUT2D eigenvalue weighted by atomic mass is 16.5. The number of piperazine rings is 1. The second-order valence-corrected chi connectivity index (χ2v) is 5.96. The average molecular weight is 337 g/mol. The lowest BCUT2D eigenvalue weighted by Crippen LogP contribution is -2.53. The van der Waals surface area contributed by atoms with E-state index in [4.69, 9.17) is 13.9 Å². The van der Waals surface area contributed by atoms with E-state index in [0.29, 0.717) is 39.5 Å². The number of hydrogen-bond donors (Lipinski definition) is 1. The zero-order valence-electron chi connectivity index (χ0n) is 13.8. The summed E-state index contributed by atoms with van der Waals surface area (Å²) in [5.41, 5.74) is 0. The average Bonchev–Trinajstić information content (AvgIpc) is 3.04. The normalized spacial score (nSPS) is 22.5. The van der Waals surface area contributed by atoms with Gasteiger partial charge in [0.1, 0.15) is 18.1 Å². The fourth-order valence-electron chi connectivity index (χ4n) is 3.01. The van der Waals surface area contributed by atoms with Crippen LogP contribution in [0.3, 0.4) is 0 Å². The van der Waals surface area contributed by atoms with E-state index < -0.39 is 0 Å². The molecule has 0 aliphatic carbocycles. The SMILES string of the molecule is COCc1ccc(C2COCCN2CC(=O)N2CCNC(=O)C2)o1. The summed E-state index contributed by atoms with van der Waals surface area (Å²) >= 11 is 0. The Balaban J connectivity index is 1.65. The van der Waals surface area contributed by atoms with Crippen molar-refractivity contribution in [1.29, 1.82) is 0 Å². The number of carbonyl (C=O) groups excluding carboxylic acids is 2. The predicted octanol–water partition coefficient (Wildman–Crippen LogP) is -0.242. The smallest absolute Gasteiger partial charge is 0.239 e. The molecule has 3 rings (SSSR count). The van der Waals surface area contributed by atoms with E-state index in [1.165, 1.54) is 0 Å². The van der Waals surface area contributed by atoms with Gasteiger partial charge in [0.15, 0.2) is 0 Å². The molecular formula is C16H23N3O5. The van der Waals surface area contributed by atoms with Crippen LogP contribution < -0.4 is 5.32 Å². The van der Waals surface area contributed by atoms with Crippen LogP contribution in [0.25, 0.3) is 0 Å². The van der Waals surface area contributed by atoms with Gasteiger partial charge in [-0.15, -0.1) is 0 Å². The summed E-state index contributed by atoms with van der Waals surface area (Å²) in [7, 11) is 1.62. The van der Waals surface area contributed by atoms with Crippen LogP contribution in [0.5, 0.6) is 0 Å². The lowest BCUT2D eigenvalue weighted by atomic mass is 10.1. The molecule has 0 aromatic carbocycles. The molecule has 2 amide bonds. The second kappa shape index (κ2) is 7.78. The van der Waals surface area contributed by atoms with Crippen LogP contribution in [0.2, 0.25) is 0 Å². The van der Waals surface area contributed by atoms with Crippen LogP contribution in [0.15, 0.2) is 16.5 Å². The number of hydrogen-bond acceptors (Lipinski definition) is 6. The third-order valence-electron chi connectivity index (χ3n) is 4.27. The molecule has 1 unspecified atom stereocenters. The van der Waals surface area contributed by atoms with Crippen molar-refractivity contribution in [2.45, 2.75) is 12.6 Å². The lowest BCUT2D eigenvalue weighted by Gasteiger charge is -2.36. The Labute approximate surface area is 140 Å². The topological polar surface area (TPSA) is 84.3 Å². The first-order valence-electron chi connectivity index (χ1n) is 8.11. The van der Waals surface area contributed by atoms with Crippen molar-refractivity contribution in [3.63, 3.8) is 0 Å². The molecular weight excluding hydrogens is 314 g/mol. The Hall–Kier alpha value is -1.90. The van der Waals surface area contributed by atoms with Crippen LogP contribution in [0.4, 0.5) is 0 Å². The number of nitrogens with zero attached hydrogens (tertiary/aromatic N) is 2. The molecule has 0 saturated carbocycles. The van der Waals surface area contributed by atoms with Gasteiger partial charge in [0.05, 0.1) is 32.3 Å². The van der Waals surface area contributed by atoms with Crippen LogP contribution in [0.1, 0.15) is 17.6 Å². The van der Waals surface area contributed by atoms with Crippen LogP contribution >= 0.6 is 0 Å². The van der Waals surface area contributed by atoms with Gasteiger partial charge in [-0.2, -0.15) is 0 Å². The number of morpholine rings is 1. The summed E-state index contributed by atoms with van der Waals surface area (Å²) in [6.07, 6.45) is 0. The molecule has 2 saturated heterocycles. The molecule has 2 aliphatic heterocycles. The minimum Gasteiger partial charge on any atom is -0.462 e. The van der Waals surface area contributed by atoms with Gasteiger partial charge in [-0.1, -0.05) is 0 Å². The first-order valence-corrected chi connectivity index (χ1v) is 8.11. The Kier molecular flexibility index (Phi) is 5.49. The number of amides is 2. The highest BCUT2D eigenvalue weighted by Gasteiger charge is 2.31. The highest BCUT2D eigenvalue weighted by Crippen LogP contribution is 2.26. The summed E-state index contributed by atoms with van der Waals surface area (Å²) < 4.78 is 16.4. The molecule has 132 valence electrons. The van der Waals surface area contributed by atoms with E-state index in [9.17, 15) is 9.59 Å². The number of nitrogens with one attached hydrogen (secondary N) is 1. The van der Waals surface area contributed by atoms with Crippen LogP contribution in [-0.4, -0.2) is 74.7 Å². The maximum Gasteiger partial charge on any atom is 0.239 e.